The molecule has 0 aromatic carbocycles. The van der Waals surface area contributed by atoms with Gasteiger partial charge in [0.2, 0.25) is 5.91 Å². The molecule has 6 heteroatoms. The van der Waals surface area contributed by atoms with Crippen molar-refractivity contribution < 1.29 is 24.5 Å². The van der Waals surface area contributed by atoms with Crippen molar-refractivity contribution >= 4 is 11.9 Å². The molecule has 0 heterocycles. The Morgan fingerprint density at radius 3 is 1.55 bits per heavy atom. The summed E-state index contributed by atoms with van der Waals surface area (Å²) in [5.41, 5.74) is 0. The van der Waals surface area contributed by atoms with Gasteiger partial charge in [0.05, 0.1) is 25.2 Å². The van der Waals surface area contributed by atoms with Crippen LogP contribution >= 0.6 is 0 Å². The average molecular weight is 772 g/mol. The van der Waals surface area contributed by atoms with Crippen molar-refractivity contribution in [3.63, 3.8) is 0 Å². The van der Waals surface area contributed by atoms with Crippen LogP contribution in [-0.2, 0) is 14.3 Å². The van der Waals surface area contributed by atoms with E-state index in [1.54, 1.807) is 0 Å². The Morgan fingerprint density at radius 1 is 0.545 bits per heavy atom. The van der Waals surface area contributed by atoms with Crippen molar-refractivity contribution in [2.45, 2.75) is 244 Å². The number of unbranched alkanes of at least 4 members (excludes halogenated alkanes) is 21. The van der Waals surface area contributed by atoms with E-state index in [1.807, 2.05) is 0 Å². The summed E-state index contributed by atoms with van der Waals surface area (Å²) in [6.45, 7) is 6.33. The van der Waals surface area contributed by atoms with Crippen molar-refractivity contribution in [1.82, 2.24) is 5.32 Å². The molecule has 0 saturated carbocycles. The second-order valence-electron chi connectivity index (χ2n) is 15.8. The average Bonchev–Trinajstić information content (AvgIpc) is 3.18. The minimum Gasteiger partial charge on any atom is -0.462 e. The van der Waals surface area contributed by atoms with Crippen LogP contribution in [0.25, 0.3) is 0 Å². The maximum Gasteiger partial charge on any atom is 0.306 e. The maximum atomic E-state index is 13.1. The summed E-state index contributed by atoms with van der Waals surface area (Å²) < 4.78 is 5.88. The Labute approximate surface area is 340 Å². The van der Waals surface area contributed by atoms with E-state index in [2.05, 4.69) is 74.7 Å². The van der Waals surface area contributed by atoms with Gasteiger partial charge in [-0.1, -0.05) is 185 Å². The van der Waals surface area contributed by atoms with Gasteiger partial charge in [-0.15, -0.1) is 0 Å². The molecule has 0 saturated heterocycles. The standard InChI is InChI=1S/C49H89NO5/c1-4-7-10-13-16-19-22-24-25-27-30-33-36-39-42-49(54)55-45(40-37-34-31-28-26-23-20-17-14-11-8-5-2)43-48(53)50-46(44-51)47(52)41-38-35-32-29-21-18-15-12-9-6-3/h7,10,16,19,24-25,28,31,45-47,51-52H,4-6,8-9,11-15,17-18,20-23,26-27,29-30,32-44H2,1-3H3,(H,50,53)/b10-7+,19-16+,25-24+,31-28-. The third kappa shape index (κ3) is 38.5. The molecular formula is C49H89NO5. The number of nitrogens with one attached hydrogen (secondary N) is 1. The Kier molecular flexibility index (Phi) is 41.2. The molecular weight excluding hydrogens is 683 g/mol. The van der Waals surface area contributed by atoms with Gasteiger partial charge in [-0.25, -0.2) is 0 Å². The van der Waals surface area contributed by atoms with E-state index in [-0.39, 0.29) is 24.9 Å². The van der Waals surface area contributed by atoms with Gasteiger partial charge in [-0.2, -0.15) is 0 Å². The highest BCUT2D eigenvalue weighted by Crippen LogP contribution is 2.16. The molecule has 0 bridgehead atoms. The first-order valence-corrected chi connectivity index (χ1v) is 23.4. The van der Waals surface area contributed by atoms with Gasteiger partial charge >= 0.3 is 5.97 Å². The lowest BCUT2D eigenvalue weighted by Crippen LogP contribution is -2.46. The van der Waals surface area contributed by atoms with Gasteiger partial charge in [0.15, 0.2) is 0 Å². The van der Waals surface area contributed by atoms with Crippen molar-refractivity contribution in [3.05, 3.63) is 48.6 Å². The van der Waals surface area contributed by atoms with Gasteiger partial charge in [-0.3, -0.25) is 9.59 Å². The molecule has 3 unspecified atom stereocenters. The van der Waals surface area contributed by atoms with Crippen molar-refractivity contribution in [2.75, 3.05) is 6.61 Å². The van der Waals surface area contributed by atoms with Crippen LogP contribution < -0.4 is 5.32 Å². The van der Waals surface area contributed by atoms with E-state index in [0.717, 1.165) is 89.9 Å². The van der Waals surface area contributed by atoms with E-state index in [1.165, 1.54) is 89.9 Å². The molecule has 55 heavy (non-hydrogen) atoms. The number of ether oxygens (including phenoxy) is 1. The van der Waals surface area contributed by atoms with E-state index in [0.29, 0.717) is 19.3 Å². The summed E-state index contributed by atoms with van der Waals surface area (Å²) in [7, 11) is 0. The lowest BCUT2D eigenvalue weighted by Gasteiger charge is -2.24. The zero-order valence-corrected chi connectivity index (χ0v) is 36.3. The second-order valence-corrected chi connectivity index (χ2v) is 15.8. The predicted molar refractivity (Wildman–Crippen MR) is 236 cm³/mol. The number of carbonyl (C=O) groups excluding carboxylic acids is 2. The summed E-state index contributed by atoms with van der Waals surface area (Å²) in [5.74, 6) is -0.530. The Morgan fingerprint density at radius 2 is 1.00 bits per heavy atom. The summed E-state index contributed by atoms with van der Waals surface area (Å²) in [5, 5.41) is 23.6. The largest absolute Gasteiger partial charge is 0.462 e. The Balaban J connectivity index is 4.66. The first-order chi connectivity index (χ1) is 27.0. The number of carbonyl (C=O) groups is 2. The number of amides is 1. The normalized spacial score (nSPS) is 13.8. The summed E-state index contributed by atoms with van der Waals surface area (Å²) in [6, 6.07) is -0.712. The van der Waals surface area contributed by atoms with Crippen LogP contribution in [-0.4, -0.2) is 46.9 Å². The summed E-state index contributed by atoms with van der Waals surface area (Å²) in [6.07, 6.45) is 50.3. The molecule has 0 aromatic heterocycles. The van der Waals surface area contributed by atoms with Crippen LogP contribution in [0.3, 0.4) is 0 Å². The van der Waals surface area contributed by atoms with Gasteiger partial charge in [-0.05, 0) is 77.0 Å². The minimum atomic E-state index is -0.796. The van der Waals surface area contributed by atoms with Crippen LogP contribution in [0.4, 0.5) is 0 Å². The molecule has 0 aliphatic heterocycles. The number of esters is 1. The van der Waals surface area contributed by atoms with E-state index in [4.69, 9.17) is 4.74 Å². The summed E-state index contributed by atoms with van der Waals surface area (Å²) >= 11 is 0. The number of allylic oxidation sites excluding steroid dienone is 8. The molecule has 0 aromatic rings. The Bertz CT molecular complexity index is 957. The van der Waals surface area contributed by atoms with Gasteiger partial charge in [0.1, 0.15) is 6.10 Å². The lowest BCUT2D eigenvalue weighted by molar-refractivity contribution is -0.151. The first kappa shape index (κ1) is 52.8. The fourth-order valence-corrected chi connectivity index (χ4v) is 6.86. The molecule has 320 valence electrons. The molecule has 0 spiro atoms. The number of aliphatic hydroxyl groups is 2. The second kappa shape index (κ2) is 43.0. The number of hydrogen-bond acceptors (Lipinski definition) is 5. The highest BCUT2D eigenvalue weighted by Gasteiger charge is 2.24. The van der Waals surface area contributed by atoms with Crippen LogP contribution in [0.2, 0.25) is 0 Å². The van der Waals surface area contributed by atoms with E-state index < -0.39 is 18.2 Å². The van der Waals surface area contributed by atoms with Crippen molar-refractivity contribution in [1.29, 1.82) is 0 Å². The fraction of sp³-hybridized carbons (Fsp3) is 0.796. The van der Waals surface area contributed by atoms with Crippen LogP contribution in [0.1, 0.15) is 226 Å². The highest BCUT2D eigenvalue weighted by atomic mass is 16.5. The number of hydrogen-bond donors (Lipinski definition) is 3. The molecule has 0 fully saturated rings. The topological polar surface area (TPSA) is 95.9 Å². The van der Waals surface area contributed by atoms with E-state index in [9.17, 15) is 19.8 Å². The molecule has 0 aliphatic rings. The number of rotatable bonds is 41. The molecule has 0 rings (SSSR count). The molecule has 0 aliphatic carbocycles. The van der Waals surface area contributed by atoms with Crippen LogP contribution in [0.15, 0.2) is 48.6 Å². The predicted octanol–water partition coefficient (Wildman–Crippen LogP) is 13.5. The van der Waals surface area contributed by atoms with Gasteiger partial charge in [0, 0.05) is 6.42 Å². The molecule has 3 atom stereocenters. The lowest BCUT2D eigenvalue weighted by atomic mass is 10.0. The number of aliphatic hydroxyl groups excluding tert-OH is 2. The quantitative estimate of drug-likeness (QED) is 0.0327. The maximum absolute atomic E-state index is 13.1. The molecule has 6 nitrogen and oxygen atoms in total. The van der Waals surface area contributed by atoms with Crippen LogP contribution in [0.5, 0.6) is 0 Å². The van der Waals surface area contributed by atoms with Crippen molar-refractivity contribution in [2.24, 2.45) is 0 Å². The zero-order chi connectivity index (χ0) is 40.3. The summed E-state index contributed by atoms with van der Waals surface area (Å²) in [4.78, 5) is 26.0. The molecule has 1 amide bonds. The minimum absolute atomic E-state index is 0.0475. The van der Waals surface area contributed by atoms with Crippen molar-refractivity contribution in [3.8, 4) is 0 Å². The molecule has 3 N–H and O–H groups in total. The highest BCUT2D eigenvalue weighted by molar-refractivity contribution is 5.77. The first-order valence-electron chi connectivity index (χ1n) is 23.4. The smallest absolute Gasteiger partial charge is 0.306 e. The SMILES string of the molecule is CC/C=C/C/C=C/C/C=C/CCCCCCC(=O)OC(CCC/C=C\CCCCCCCCC)CC(=O)NC(CO)C(O)CCCCCCCCCCCC. The van der Waals surface area contributed by atoms with Gasteiger partial charge < -0.3 is 20.3 Å². The Hall–Kier alpha value is -2.18. The third-order valence-corrected chi connectivity index (χ3v) is 10.4. The molecule has 0 radical (unpaired) electrons. The zero-order valence-electron chi connectivity index (χ0n) is 36.3. The third-order valence-electron chi connectivity index (χ3n) is 10.4. The fourth-order valence-electron chi connectivity index (χ4n) is 6.86. The van der Waals surface area contributed by atoms with Crippen LogP contribution in [0, 0.1) is 0 Å². The van der Waals surface area contributed by atoms with Gasteiger partial charge in [0.25, 0.3) is 0 Å². The van der Waals surface area contributed by atoms with E-state index >= 15 is 0 Å². The monoisotopic (exact) mass is 772 g/mol.